The van der Waals surface area contributed by atoms with Gasteiger partial charge in [-0.05, 0) is 85.3 Å². The molecule has 0 N–H and O–H groups in total. The number of hydrogen-bond donors (Lipinski definition) is 0. The average molecular weight is 543 g/mol. The van der Waals surface area contributed by atoms with Gasteiger partial charge in [-0.15, -0.1) is 0 Å². The van der Waals surface area contributed by atoms with E-state index in [-0.39, 0.29) is 5.91 Å². The number of amides is 1. The van der Waals surface area contributed by atoms with Crippen molar-refractivity contribution in [3.05, 3.63) is 123 Å². The molecule has 6 heteroatoms. The molecule has 174 valence electrons. The maximum absolute atomic E-state index is 13.6. The number of nitrogens with zero attached hydrogens (tertiary/aromatic N) is 3. The van der Waals surface area contributed by atoms with Gasteiger partial charge in [-0.3, -0.25) is 9.69 Å². The molecule has 1 aliphatic heterocycles. The van der Waals surface area contributed by atoms with E-state index >= 15 is 0 Å². The van der Waals surface area contributed by atoms with Crippen molar-refractivity contribution in [2.75, 3.05) is 0 Å². The van der Waals surface area contributed by atoms with Crippen LogP contribution in [0.1, 0.15) is 22.5 Å². The van der Waals surface area contributed by atoms with Crippen LogP contribution in [0.25, 0.3) is 11.8 Å². The largest absolute Gasteiger partial charge is 0.318 e. The number of aromatic nitrogens is 1. The third kappa shape index (κ3) is 5.04. The fourth-order valence-corrected chi connectivity index (χ4v) is 5.43. The molecule has 1 aromatic heterocycles. The number of thioether (sulfide) groups is 1. The van der Waals surface area contributed by atoms with Gasteiger partial charge in [0.1, 0.15) is 0 Å². The highest BCUT2D eigenvalue weighted by molar-refractivity contribution is 9.10. The van der Waals surface area contributed by atoms with Crippen molar-refractivity contribution in [3.8, 4) is 5.69 Å². The molecule has 0 radical (unpaired) electrons. The van der Waals surface area contributed by atoms with Crippen LogP contribution in [-0.4, -0.2) is 20.5 Å². The molecule has 0 unspecified atom stereocenters. The lowest BCUT2D eigenvalue weighted by Crippen LogP contribution is -2.28. The van der Waals surface area contributed by atoms with Crippen LogP contribution in [0.3, 0.4) is 0 Å². The van der Waals surface area contributed by atoms with E-state index in [2.05, 4.69) is 52.5 Å². The normalized spacial score (nSPS) is 16.0. The van der Waals surface area contributed by atoms with E-state index in [4.69, 9.17) is 4.99 Å². The Balaban J connectivity index is 1.52. The topological polar surface area (TPSA) is 37.6 Å². The Bertz CT molecular complexity index is 1420. The summed E-state index contributed by atoms with van der Waals surface area (Å²) in [5.41, 5.74) is 6.23. The highest BCUT2D eigenvalue weighted by Gasteiger charge is 2.33. The molecule has 2 heterocycles. The van der Waals surface area contributed by atoms with Gasteiger partial charge >= 0.3 is 0 Å². The highest BCUT2D eigenvalue weighted by atomic mass is 79.9. The Labute approximate surface area is 218 Å². The van der Waals surface area contributed by atoms with Crippen molar-refractivity contribution >= 4 is 50.5 Å². The molecule has 0 saturated carbocycles. The van der Waals surface area contributed by atoms with Crippen molar-refractivity contribution in [2.24, 2.45) is 4.99 Å². The van der Waals surface area contributed by atoms with E-state index in [0.29, 0.717) is 16.6 Å². The maximum atomic E-state index is 13.6. The molecular formula is C29H24BrN3OS. The SMILES string of the molecule is Cc1cc(/C=C2\SC(=Nc3ccccc3)N(Cc3ccccc3)C2=O)c(C)n1-c1ccc(Br)cc1. The molecule has 0 aliphatic carbocycles. The van der Waals surface area contributed by atoms with Gasteiger partial charge in [-0.1, -0.05) is 64.5 Å². The van der Waals surface area contributed by atoms with Gasteiger partial charge in [0.05, 0.1) is 17.1 Å². The van der Waals surface area contributed by atoms with Crippen LogP contribution >= 0.6 is 27.7 Å². The second-order valence-corrected chi connectivity index (χ2v) is 10.3. The first-order valence-corrected chi connectivity index (χ1v) is 12.9. The predicted octanol–water partition coefficient (Wildman–Crippen LogP) is 7.66. The monoisotopic (exact) mass is 541 g/mol. The number of carbonyl (C=O) groups is 1. The first-order chi connectivity index (χ1) is 17.0. The van der Waals surface area contributed by atoms with Gasteiger partial charge < -0.3 is 4.57 Å². The summed E-state index contributed by atoms with van der Waals surface area (Å²) in [6.07, 6.45) is 2.00. The lowest BCUT2D eigenvalue weighted by molar-refractivity contribution is -0.122. The quantitative estimate of drug-likeness (QED) is 0.243. The molecule has 0 atom stereocenters. The summed E-state index contributed by atoms with van der Waals surface area (Å²) < 4.78 is 3.26. The molecule has 3 aromatic carbocycles. The van der Waals surface area contributed by atoms with Crippen molar-refractivity contribution in [3.63, 3.8) is 0 Å². The van der Waals surface area contributed by atoms with E-state index in [1.165, 1.54) is 11.8 Å². The fraction of sp³-hybridized carbons (Fsp3) is 0.103. The van der Waals surface area contributed by atoms with Crippen molar-refractivity contribution in [1.29, 1.82) is 0 Å². The van der Waals surface area contributed by atoms with Crippen LogP contribution in [0, 0.1) is 13.8 Å². The Morgan fingerprint density at radius 1 is 0.914 bits per heavy atom. The van der Waals surface area contributed by atoms with E-state index in [1.54, 1.807) is 4.90 Å². The summed E-state index contributed by atoms with van der Waals surface area (Å²) in [5.74, 6) is -0.0259. The first-order valence-electron chi connectivity index (χ1n) is 11.3. The fourth-order valence-electron chi connectivity index (χ4n) is 4.17. The van der Waals surface area contributed by atoms with E-state index in [1.807, 2.05) is 78.9 Å². The number of aliphatic imine (C=N–C) groups is 1. The summed E-state index contributed by atoms with van der Waals surface area (Å²) in [6.45, 7) is 4.66. The Kier molecular flexibility index (Phi) is 6.75. The zero-order chi connectivity index (χ0) is 24.4. The maximum Gasteiger partial charge on any atom is 0.267 e. The number of halogens is 1. The second kappa shape index (κ2) is 10.1. The van der Waals surface area contributed by atoms with Crippen molar-refractivity contribution < 1.29 is 4.79 Å². The number of rotatable bonds is 5. The molecule has 4 nitrogen and oxygen atoms in total. The number of aryl methyl sites for hydroxylation is 1. The van der Waals surface area contributed by atoms with Gasteiger partial charge in [0, 0.05) is 21.5 Å². The third-order valence-corrected chi connectivity index (χ3v) is 7.43. The van der Waals surface area contributed by atoms with Crippen LogP contribution in [-0.2, 0) is 11.3 Å². The first kappa shape index (κ1) is 23.4. The number of benzene rings is 3. The van der Waals surface area contributed by atoms with Crippen LogP contribution < -0.4 is 0 Å². The van der Waals surface area contributed by atoms with Crippen LogP contribution in [0.4, 0.5) is 5.69 Å². The van der Waals surface area contributed by atoms with Crippen molar-refractivity contribution in [1.82, 2.24) is 9.47 Å². The molecule has 1 fully saturated rings. The van der Waals surface area contributed by atoms with Gasteiger partial charge in [0.25, 0.3) is 5.91 Å². The Hall–Kier alpha value is -3.35. The molecule has 1 amide bonds. The van der Waals surface area contributed by atoms with Crippen LogP contribution in [0.15, 0.2) is 105 Å². The summed E-state index contributed by atoms with van der Waals surface area (Å²) in [7, 11) is 0. The number of amidine groups is 1. The Morgan fingerprint density at radius 2 is 1.57 bits per heavy atom. The minimum atomic E-state index is -0.0259. The lowest BCUT2D eigenvalue weighted by atomic mass is 10.2. The van der Waals surface area contributed by atoms with E-state index in [9.17, 15) is 4.79 Å². The zero-order valence-corrected chi connectivity index (χ0v) is 21.9. The Morgan fingerprint density at radius 3 is 2.26 bits per heavy atom. The minimum absolute atomic E-state index is 0.0259. The molecule has 0 spiro atoms. The zero-order valence-electron chi connectivity index (χ0n) is 19.5. The lowest BCUT2D eigenvalue weighted by Gasteiger charge is -2.15. The van der Waals surface area contributed by atoms with E-state index in [0.717, 1.165) is 38.4 Å². The molecule has 5 rings (SSSR count). The smallest absolute Gasteiger partial charge is 0.267 e. The van der Waals surface area contributed by atoms with Crippen molar-refractivity contribution in [2.45, 2.75) is 20.4 Å². The number of hydrogen-bond acceptors (Lipinski definition) is 3. The van der Waals surface area contributed by atoms with Gasteiger partial charge in [0.2, 0.25) is 0 Å². The standard InChI is InChI=1S/C29H24BrN3OS/c1-20-17-23(21(2)33(20)26-15-13-24(30)14-16-26)18-27-28(34)32(19-22-9-5-3-6-10-22)29(35-27)31-25-11-7-4-8-12-25/h3-18H,19H2,1-2H3/b27-18-,31-29?. The van der Waals surface area contributed by atoms with E-state index < -0.39 is 0 Å². The highest BCUT2D eigenvalue weighted by Crippen LogP contribution is 2.36. The third-order valence-electron chi connectivity index (χ3n) is 5.89. The molecule has 35 heavy (non-hydrogen) atoms. The summed E-state index contributed by atoms with van der Waals surface area (Å²) in [6, 6.07) is 30.2. The van der Waals surface area contributed by atoms with Crippen LogP contribution in [0.2, 0.25) is 0 Å². The summed E-state index contributed by atoms with van der Waals surface area (Å²) in [4.78, 5) is 20.8. The molecule has 4 aromatic rings. The summed E-state index contributed by atoms with van der Waals surface area (Å²) >= 11 is 4.94. The molecule has 0 bridgehead atoms. The van der Waals surface area contributed by atoms with Gasteiger partial charge in [0.15, 0.2) is 5.17 Å². The number of carbonyl (C=O) groups excluding carboxylic acids is 1. The van der Waals surface area contributed by atoms with Gasteiger partial charge in [-0.2, -0.15) is 0 Å². The molecule has 1 aliphatic rings. The molecular weight excluding hydrogens is 518 g/mol. The van der Waals surface area contributed by atoms with Crippen LogP contribution in [0.5, 0.6) is 0 Å². The van der Waals surface area contributed by atoms with Gasteiger partial charge in [-0.25, -0.2) is 4.99 Å². The predicted molar refractivity (Wildman–Crippen MR) is 149 cm³/mol. The molecule has 1 saturated heterocycles. The summed E-state index contributed by atoms with van der Waals surface area (Å²) in [5, 5.41) is 0.693. The average Bonchev–Trinajstić information content (AvgIpc) is 3.31. The number of para-hydroxylation sites is 1. The second-order valence-electron chi connectivity index (χ2n) is 8.36. The minimum Gasteiger partial charge on any atom is -0.318 e.